The molecule has 5 heteroatoms. The Hall–Kier alpha value is -1.62. The van der Waals surface area contributed by atoms with E-state index in [1.165, 1.54) is 19.3 Å². The van der Waals surface area contributed by atoms with Crippen molar-refractivity contribution in [3.8, 4) is 0 Å². The molecule has 1 amide bonds. The lowest BCUT2D eigenvalue weighted by Crippen LogP contribution is -3.08. The van der Waals surface area contributed by atoms with Gasteiger partial charge in [0.15, 0.2) is 0 Å². The number of carboxylic acid groups (broad SMARTS) is 1. The van der Waals surface area contributed by atoms with Crippen LogP contribution in [0, 0.1) is 0 Å². The Balaban J connectivity index is 3.11. The maximum atomic E-state index is 11.0. The molecule has 1 aliphatic heterocycles. The van der Waals surface area contributed by atoms with Gasteiger partial charge in [0.2, 0.25) is 5.76 Å². The molecular weight excluding hydrogens is 162 g/mol. The van der Waals surface area contributed by atoms with Gasteiger partial charge in [-0.25, -0.2) is 14.5 Å². The number of likely N-dealkylation sites (N-methyl/N-ethyl adjacent to an activating group) is 1. The van der Waals surface area contributed by atoms with Crippen LogP contribution in [0.5, 0.6) is 0 Å². The van der Waals surface area contributed by atoms with Crippen molar-refractivity contribution in [3.63, 3.8) is 0 Å². The summed E-state index contributed by atoms with van der Waals surface area (Å²) in [6.07, 6.45) is 2.57. The van der Waals surface area contributed by atoms with Gasteiger partial charge in [-0.05, 0) is 0 Å². The van der Waals surface area contributed by atoms with Gasteiger partial charge in [-0.2, -0.15) is 0 Å². The van der Waals surface area contributed by atoms with E-state index >= 15 is 0 Å². The van der Waals surface area contributed by atoms with Crippen LogP contribution in [0.1, 0.15) is 0 Å². The monoisotopic (exact) mass is 170 g/mol. The van der Waals surface area contributed by atoms with E-state index in [0.29, 0.717) is 4.90 Å². The van der Waals surface area contributed by atoms with Gasteiger partial charge < -0.3 is 10.2 Å². The minimum atomic E-state index is -1.30. The highest BCUT2D eigenvalue weighted by Gasteiger charge is 2.28. The zero-order chi connectivity index (χ0) is 9.30. The molecule has 0 radical (unpaired) electrons. The second-order valence-corrected chi connectivity index (χ2v) is 2.41. The highest BCUT2D eigenvalue weighted by Crippen LogP contribution is 2.04. The molecule has 1 unspecified atom stereocenters. The summed E-state index contributed by atoms with van der Waals surface area (Å²) in [4.78, 5) is 21.7. The number of hydrogen-bond donors (Lipinski definition) is 3. The molecule has 0 spiro atoms. The quantitative estimate of drug-likeness (QED) is 0.445. The van der Waals surface area contributed by atoms with Gasteiger partial charge in [0, 0.05) is 6.08 Å². The smallest absolute Gasteiger partial charge is 0.384 e. The Kier molecular flexibility index (Phi) is 1.97. The van der Waals surface area contributed by atoms with E-state index in [1.807, 2.05) is 0 Å². The van der Waals surface area contributed by atoms with Crippen LogP contribution in [0.15, 0.2) is 23.6 Å². The highest BCUT2D eigenvalue weighted by molar-refractivity contribution is 6.00. The molecule has 64 valence electrons. The zero-order valence-corrected chi connectivity index (χ0v) is 6.37. The predicted octanol–water partition coefficient (Wildman–Crippen LogP) is -1.55. The van der Waals surface area contributed by atoms with Crippen LogP contribution in [-0.2, 0) is 9.59 Å². The van der Waals surface area contributed by atoms with Gasteiger partial charge in [0.1, 0.15) is 11.8 Å². The molecule has 0 bridgehead atoms. The van der Waals surface area contributed by atoms with Crippen molar-refractivity contribution >= 4 is 11.9 Å². The molecule has 5 nitrogen and oxygen atoms in total. The minimum Gasteiger partial charge on any atom is -0.500 e. The summed E-state index contributed by atoms with van der Waals surface area (Å²) in [6, 6.07) is 0. The first kappa shape index (κ1) is 8.48. The molecule has 0 fully saturated rings. The number of quaternary nitrogens is 1. The second-order valence-electron chi connectivity index (χ2n) is 2.41. The topological polar surface area (TPSA) is 79.0 Å². The maximum absolute atomic E-state index is 11.0. The number of nitrogens with one attached hydrogen (secondary N) is 1. The molecule has 1 rings (SSSR count). The molecule has 0 aromatic heterocycles. The number of carbonyl (C=O) groups excluding carboxylic acids is 1. The molecule has 3 N–H and O–H groups in total. The first-order valence-corrected chi connectivity index (χ1v) is 3.27. The first-order chi connectivity index (χ1) is 5.54. The Morgan fingerprint density at radius 3 is 2.67 bits per heavy atom. The summed E-state index contributed by atoms with van der Waals surface area (Å²) in [5, 5.41) is 17.5. The average Bonchev–Trinajstić information content (AvgIpc) is 2.00. The van der Waals surface area contributed by atoms with Crippen LogP contribution in [0.4, 0.5) is 0 Å². The fraction of sp³-hybridized carbons (Fsp3) is 0.143. The van der Waals surface area contributed by atoms with Gasteiger partial charge >= 0.3 is 11.9 Å². The van der Waals surface area contributed by atoms with Crippen LogP contribution < -0.4 is 4.90 Å². The lowest BCUT2D eigenvalue weighted by molar-refractivity contribution is -0.738. The van der Waals surface area contributed by atoms with Crippen LogP contribution in [0.25, 0.3) is 0 Å². The van der Waals surface area contributed by atoms with Crippen molar-refractivity contribution in [2.75, 3.05) is 7.05 Å². The average molecular weight is 170 g/mol. The molecule has 1 atom stereocenters. The normalized spacial score (nSPS) is 23.1. The van der Waals surface area contributed by atoms with Gasteiger partial charge in [-0.3, -0.25) is 0 Å². The Bertz CT molecular complexity index is 303. The van der Waals surface area contributed by atoms with Crippen LogP contribution >= 0.6 is 0 Å². The molecule has 0 aromatic rings. The van der Waals surface area contributed by atoms with E-state index < -0.39 is 17.6 Å². The number of amides is 1. The number of carbonyl (C=O) groups is 2. The number of hydrogen-bond acceptors (Lipinski definition) is 3. The third-order valence-electron chi connectivity index (χ3n) is 1.56. The third kappa shape index (κ3) is 1.22. The summed E-state index contributed by atoms with van der Waals surface area (Å²) in [6.45, 7) is 0. The lowest BCUT2D eigenvalue weighted by Gasteiger charge is -2.10. The predicted molar refractivity (Wildman–Crippen MR) is 38.3 cm³/mol. The standard InChI is InChI=1S/C7H7NO4/c1-8-3-2-4(7(11)12)5(9)6(8)10/h2-3,9H,1H3,(H,11,12)/p+1. The fourth-order valence-corrected chi connectivity index (χ4v) is 0.845. The molecule has 0 saturated heterocycles. The van der Waals surface area contributed by atoms with Gasteiger partial charge in [0.05, 0.1) is 7.05 Å². The summed E-state index contributed by atoms with van der Waals surface area (Å²) in [5.41, 5.74) is -0.356. The van der Waals surface area contributed by atoms with Gasteiger partial charge in [-0.15, -0.1) is 0 Å². The fourth-order valence-electron chi connectivity index (χ4n) is 0.845. The Morgan fingerprint density at radius 1 is 1.58 bits per heavy atom. The molecule has 0 aliphatic carbocycles. The van der Waals surface area contributed by atoms with E-state index in [0.717, 1.165) is 0 Å². The number of carboxylic acids is 1. The van der Waals surface area contributed by atoms with E-state index in [4.69, 9.17) is 10.2 Å². The Morgan fingerprint density at radius 2 is 2.17 bits per heavy atom. The summed E-state index contributed by atoms with van der Waals surface area (Å²) in [7, 11) is 1.51. The highest BCUT2D eigenvalue weighted by atomic mass is 16.4. The number of rotatable bonds is 1. The van der Waals surface area contributed by atoms with E-state index in [1.54, 1.807) is 0 Å². The maximum Gasteiger partial charge on any atom is 0.384 e. The molecule has 1 aliphatic rings. The van der Waals surface area contributed by atoms with Crippen molar-refractivity contribution < 1.29 is 24.7 Å². The van der Waals surface area contributed by atoms with Crippen molar-refractivity contribution in [2.45, 2.75) is 0 Å². The van der Waals surface area contributed by atoms with Crippen molar-refractivity contribution in [1.29, 1.82) is 0 Å². The second kappa shape index (κ2) is 2.78. The SMILES string of the molecule is C[NH+]1C=CC(C(=O)O)=C(O)C1=O. The summed E-state index contributed by atoms with van der Waals surface area (Å²) in [5.74, 6) is -2.62. The van der Waals surface area contributed by atoms with E-state index in [2.05, 4.69) is 0 Å². The number of aliphatic hydroxyl groups excluding tert-OH is 1. The largest absolute Gasteiger partial charge is 0.500 e. The van der Waals surface area contributed by atoms with E-state index in [-0.39, 0.29) is 5.57 Å². The first-order valence-electron chi connectivity index (χ1n) is 3.27. The Labute approximate surface area is 68.2 Å². The molecule has 1 heterocycles. The van der Waals surface area contributed by atoms with Crippen LogP contribution in [0.3, 0.4) is 0 Å². The molecule has 0 saturated carbocycles. The molecular formula is C7H8NO4+. The van der Waals surface area contributed by atoms with Crippen LogP contribution in [0.2, 0.25) is 0 Å². The zero-order valence-electron chi connectivity index (χ0n) is 6.37. The summed E-state index contributed by atoms with van der Waals surface area (Å²) < 4.78 is 0. The molecule has 12 heavy (non-hydrogen) atoms. The van der Waals surface area contributed by atoms with Crippen molar-refractivity contribution in [2.24, 2.45) is 0 Å². The van der Waals surface area contributed by atoms with Crippen LogP contribution in [-0.4, -0.2) is 29.1 Å². The minimum absolute atomic E-state index is 0.331. The van der Waals surface area contributed by atoms with Gasteiger partial charge in [0.25, 0.3) is 0 Å². The van der Waals surface area contributed by atoms with Gasteiger partial charge in [-0.1, -0.05) is 0 Å². The van der Waals surface area contributed by atoms with Crippen molar-refractivity contribution in [3.05, 3.63) is 23.6 Å². The lowest BCUT2D eigenvalue weighted by atomic mass is 10.1. The van der Waals surface area contributed by atoms with Crippen molar-refractivity contribution in [1.82, 2.24) is 0 Å². The summed E-state index contributed by atoms with van der Waals surface area (Å²) >= 11 is 0. The van der Waals surface area contributed by atoms with E-state index in [9.17, 15) is 9.59 Å². The third-order valence-corrected chi connectivity index (χ3v) is 1.56. The number of aliphatic hydroxyl groups is 1. The molecule has 0 aromatic carbocycles. The number of aliphatic carboxylic acids is 1.